The number of urea groups is 1. The van der Waals surface area contributed by atoms with E-state index in [1.54, 1.807) is 17.6 Å². The smallest absolute Gasteiger partial charge is 0.332 e. The largest absolute Gasteiger partial charge is 0.350 e. The first-order valence-corrected chi connectivity index (χ1v) is 4.25. The molecule has 4 nitrogen and oxygen atoms in total. The molecule has 0 radical (unpaired) electrons. The predicted octanol–water partition coefficient (Wildman–Crippen LogP) is 1.06. The van der Waals surface area contributed by atoms with Crippen molar-refractivity contribution < 1.29 is 4.79 Å². The second kappa shape index (κ2) is 3.87. The Balaban J connectivity index is 2.57. The van der Waals surface area contributed by atoms with Crippen LogP contribution in [0.3, 0.4) is 0 Å². The van der Waals surface area contributed by atoms with Gasteiger partial charge in [-0.05, 0) is 23.2 Å². The van der Waals surface area contributed by atoms with Gasteiger partial charge in [0.15, 0.2) is 0 Å². The minimum Gasteiger partial charge on any atom is -0.350 e. The van der Waals surface area contributed by atoms with Crippen molar-refractivity contribution in [3.05, 3.63) is 21.9 Å². The van der Waals surface area contributed by atoms with Gasteiger partial charge in [0.1, 0.15) is 0 Å². The summed E-state index contributed by atoms with van der Waals surface area (Å²) in [5.74, 6) is 0. The van der Waals surface area contributed by atoms with Gasteiger partial charge in [-0.2, -0.15) is 16.4 Å². The van der Waals surface area contributed by atoms with E-state index in [2.05, 4.69) is 10.5 Å². The van der Waals surface area contributed by atoms with E-state index in [1.165, 1.54) is 0 Å². The van der Waals surface area contributed by atoms with Gasteiger partial charge < -0.3 is 5.73 Å². The Morgan fingerprint density at radius 1 is 1.75 bits per heavy atom. The molecule has 0 aromatic carbocycles. The van der Waals surface area contributed by atoms with E-state index in [9.17, 15) is 4.79 Å². The van der Waals surface area contributed by atoms with Crippen LogP contribution < -0.4 is 11.2 Å². The number of nitrogens with one attached hydrogen (secondary N) is 1. The lowest BCUT2D eigenvalue weighted by Crippen LogP contribution is -2.24. The average Bonchev–Trinajstić information content (AvgIpc) is 2.36. The summed E-state index contributed by atoms with van der Waals surface area (Å²) in [5.41, 5.74) is 9.06. The molecule has 0 unspecified atom stereocenters. The van der Waals surface area contributed by atoms with Crippen LogP contribution in [0.5, 0.6) is 0 Å². The Morgan fingerprint density at radius 3 is 3.00 bits per heavy atom. The number of nitrogens with zero attached hydrogens (tertiary/aromatic N) is 1. The molecule has 0 bridgehead atoms. The fourth-order valence-corrected chi connectivity index (χ4v) is 1.47. The van der Waals surface area contributed by atoms with Crippen LogP contribution in [0.2, 0.25) is 0 Å². The molecule has 0 fully saturated rings. The Hall–Kier alpha value is -1.36. The Kier molecular flexibility index (Phi) is 2.82. The molecule has 0 aliphatic rings. The van der Waals surface area contributed by atoms with Gasteiger partial charge in [0.2, 0.25) is 0 Å². The molecule has 12 heavy (non-hydrogen) atoms. The number of rotatable bonds is 2. The van der Waals surface area contributed by atoms with E-state index in [1.807, 2.05) is 17.7 Å². The Morgan fingerprint density at radius 2 is 2.50 bits per heavy atom. The molecule has 5 heteroatoms. The van der Waals surface area contributed by atoms with Gasteiger partial charge in [0.05, 0.1) is 6.21 Å². The zero-order valence-electron chi connectivity index (χ0n) is 6.57. The van der Waals surface area contributed by atoms with Crippen LogP contribution in [0.1, 0.15) is 11.1 Å². The summed E-state index contributed by atoms with van der Waals surface area (Å²) in [6.45, 7) is 1.97. The summed E-state index contributed by atoms with van der Waals surface area (Å²) in [4.78, 5) is 10.2. The van der Waals surface area contributed by atoms with Crippen LogP contribution in [0.15, 0.2) is 15.9 Å². The number of carbonyl (C=O) groups is 1. The van der Waals surface area contributed by atoms with E-state index in [4.69, 9.17) is 5.73 Å². The number of hydrazone groups is 1. The monoisotopic (exact) mass is 183 g/mol. The number of carbonyl (C=O) groups excluding carboxylic acids is 1. The highest BCUT2D eigenvalue weighted by molar-refractivity contribution is 7.08. The second-order valence-corrected chi connectivity index (χ2v) is 2.99. The lowest BCUT2D eigenvalue weighted by molar-refractivity contribution is 0.249. The number of primary amides is 1. The van der Waals surface area contributed by atoms with Crippen molar-refractivity contribution in [1.29, 1.82) is 0 Å². The minimum absolute atomic E-state index is 0.654. The van der Waals surface area contributed by atoms with Crippen LogP contribution in [0.25, 0.3) is 0 Å². The van der Waals surface area contributed by atoms with Crippen molar-refractivity contribution in [2.75, 3.05) is 0 Å². The lowest BCUT2D eigenvalue weighted by Gasteiger charge is -1.90. The lowest BCUT2D eigenvalue weighted by atomic mass is 10.2. The molecule has 1 aromatic rings. The van der Waals surface area contributed by atoms with Gasteiger partial charge in [0, 0.05) is 5.56 Å². The molecule has 0 saturated carbocycles. The van der Waals surface area contributed by atoms with Crippen LogP contribution in [-0.2, 0) is 0 Å². The highest BCUT2D eigenvalue weighted by Gasteiger charge is 1.93. The van der Waals surface area contributed by atoms with Gasteiger partial charge in [-0.15, -0.1) is 0 Å². The SMILES string of the molecule is Cc1cscc1/C=N/NC(N)=O. The van der Waals surface area contributed by atoms with Gasteiger partial charge in [-0.3, -0.25) is 0 Å². The number of hydrogen-bond acceptors (Lipinski definition) is 3. The molecule has 0 atom stereocenters. The van der Waals surface area contributed by atoms with Crippen LogP contribution in [-0.4, -0.2) is 12.2 Å². The number of nitrogens with two attached hydrogens (primary N) is 1. The molecule has 64 valence electrons. The van der Waals surface area contributed by atoms with Crippen molar-refractivity contribution in [2.45, 2.75) is 6.92 Å². The second-order valence-electron chi connectivity index (χ2n) is 2.24. The van der Waals surface area contributed by atoms with Crippen molar-refractivity contribution in [3.8, 4) is 0 Å². The first-order valence-electron chi connectivity index (χ1n) is 3.31. The quantitative estimate of drug-likeness (QED) is 0.522. The summed E-state index contributed by atoms with van der Waals surface area (Å²) < 4.78 is 0. The van der Waals surface area contributed by atoms with Crippen molar-refractivity contribution in [2.24, 2.45) is 10.8 Å². The molecule has 0 spiro atoms. The van der Waals surface area contributed by atoms with E-state index in [0.29, 0.717) is 0 Å². The van der Waals surface area contributed by atoms with Gasteiger partial charge in [0.25, 0.3) is 0 Å². The third-order valence-corrected chi connectivity index (χ3v) is 2.15. The summed E-state index contributed by atoms with van der Waals surface area (Å²) >= 11 is 1.59. The summed E-state index contributed by atoms with van der Waals surface area (Å²) in [5, 5.41) is 7.58. The zero-order chi connectivity index (χ0) is 8.97. The summed E-state index contributed by atoms with van der Waals surface area (Å²) in [6.07, 6.45) is 1.57. The molecular weight excluding hydrogens is 174 g/mol. The number of hydrogen-bond donors (Lipinski definition) is 2. The first-order chi connectivity index (χ1) is 5.70. The highest BCUT2D eigenvalue weighted by Crippen LogP contribution is 2.10. The molecule has 3 N–H and O–H groups in total. The molecule has 0 aliphatic carbocycles. The van der Waals surface area contributed by atoms with Crippen molar-refractivity contribution in [3.63, 3.8) is 0 Å². The van der Waals surface area contributed by atoms with Crippen LogP contribution in [0, 0.1) is 6.92 Å². The van der Waals surface area contributed by atoms with Gasteiger partial charge in [-0.25, -0.2) is 10.2 Å². The number of thiophene rings is 1. The molecule has 1 heterocycles. The highest BCUT2D eigenvalue weighted by atomic mass is 32.1. The molecule has 1 aromatic heterocycles. The zero-order valence-corrected chi connectivity index (χ0v) is 7.39. The van der Waals surface area contributed by atoms with Gasteiger partial charge in [-0.1, -0.05) is 0 Å². The minimum atomic E-state index is -0.654. The Bertz CT molecular complexity index is 305. The average molecular weight is 183 g/mol. The molecular formula is C7H9N3OS. The van der Waals surface area contributed by atoms with Crippen LogP contribution in [0.4, 0.5) is 4.79 Å². The first kappa shape index (κ1) is 8.73. The topological polar surface area (TPSA) is 67.5 Å². The Labute approximate surface area is 74.1 Å². The summed E-state index contributed by atoms with van der Waals surface area (Å²) in [7, 11) is 0. The van der Waals surface area contributed by atoms with E-state index in [-0.39, 0.29) is 0 Å². The predicted molar refractivity (Wildman–Crippen MR) is 49.4 cm³/mol. The van der Waals surface area contributed by atoms with Crippen molar-refractivity contribution >= 4 is 23.6 Å². The molecule has 0 aliphatic heterocycles. The maximum absolute atomic E-state index is 10.2. The molecule has 2 amide bonds. The maximum atomic E-state index is 10.2. The van der Waals surface area contributed by atoms with E-state index >= 15 is 0 Å². The third kappa shape index (κ3) is 2.35. The molecule has 1 rings (SSSR count). The standard InChI is InChI=1S/C7H9N3OS/c1-5-3-12-4-6(5)2-9-10-7(8)11/h2-4H,1H3,(H3,8,10,11)/b9-2+. The number of aryl methyl sites for hydroxylation is 1. The normalized spacial score (nSPS) is 10.4. The van der Waals surface area contributed by atoms with Crippen LogP contribution >= 0.6 is 11.3 Å². The fourth-order valence-electron chi connectivity index (χ4n) is 0.668. The number of amides is 2. The van der Waals surface area contributed by atoms with Crippen molar-refractivity contribution in [1.82, 2.24) is 5.43 Å². The molecule has 0 saturated heterocycles. The van der Waals surface area contributed by atoms with Gasteiger partial charge >= 0.3 is 6.03 Å². The fraction of sp³-hybridized carbons (Fsp3) is 0.143. The van der Waals surface area contributed by atoms with E-state index < -0.39 is 6.03 Å². The third-order valence-electron chi connectivity index (χ3n) is 1.27. The maximum Gasteiger partial charge on any atom is 0.332 e. The van der Waals surface area contributed by atoms with E-state index in [0.717, 1.165) is 11.1 Å². The summed E-state index contributed by atoms with van der Waals surface area (Å²) in [6, 6.07) is -0.654.